The molecule has 1 amide bonds. The zero-order chi connectivity index (χ0) is 29.8. The Kier molecular flexibility index (Phi) is 7.04. The molecule has 0 unspecified atom stereocenters. The van der Waals surface area contributed by atoms with Crippen LogP contribution in [-0.2, 0) is 4.79 Å². The van der Waals surface area contributed by atoms with E-state index in [0.29, 0.717) is 46.8 Å². The lowest BCUT2D eigenvalue weighted by Crippen LogP contribution is -2.57. The maximum atomic E-state index is 13.6. The number of rotatable bonds is 7. The molecule has 1 N–H and O–H groups in total. The maximum absolute atomic E-state index is 13.6. The summed E-state index contributed by atoms with van der Waals surface area (Å²) in [7, 11) is 1.98. The van der Waals surface area contributed by atoms with Crippen molar-refractivity contribution in [3.05, 3.63) is 58.5 Å². The summed E-state index contributed by atoms with van der Waals surface area (Å²) in [6, 6.07) is 12.7. The second kappa shape index (κ2) is 10.9. The lowest BCUT2D eigenvalue weighted by molar-refractivity contribution is -0.142. The van der Waals surface area contributed by atoms with E-state index in [1.165, 1.54) is 23.5 Å². The maximum Gasteiger partial charge on any atom is 0.236 e. The van der Waals surface area contributed by atoms with Crippen LogP contribution in [0.1, 0.15) is 35.0 Å². The average Bonchev–Trinajstić information content (AvgIpc) is 3.62. The summed E-state index contributed by atoms with van der Waals surface area (Å²) in [6.07, 6.45) is 1.80. The second-order valence-electron chi connectivity index (χ2n) is 11.7. The van der Waals surface area contributed by atoms with Gasteiger partial charge in [0.15, 0.2) is 5.13 Å². The monoisotopic (exact) mass is 600 g/mol. The highest BCUT2D eigenvalue weighted by Gasteiger charge is 2.34. The summed E-state index contributed by atoms with van der Waals surface area (Å²) in [4.78, 5) is 26.2. The molecule has 3 fully saturated rings. The standard InChI is InChI=1S/C31H33FN8O2S/c1-19-13-23(38-11-9-37(10-12-38)18-27(42)39-16-24(41)17-39)14-25-30(29(21-3-4-21)35-40(19)25)36(2)31-34-28(26(15-33)43-31)20-5-7-22(32)8-6-20/h5-8,13-14,21,24,41H,3-4,9-12,16-18H2,1-2H3. The number of aromatic nitrogens is 3. The Balaban J connectivity index is 1.17. The molecule has 0 bridgehead atoms. The molecule has 10 nitrogen and oxygen atoms in total. The van der Waals surface area contributed by atoms with Gasteiger partial charge >= 0.3 is 0 Å². The number of carbonyl (C=O) groups is 1. The van der Waals surface area contributed by atoms with E-state index < -0.39 is 0 Å². The van der Waals surface area contributed by atoms with E-state index in [2.05, 4.69) is 34.9 Å². The van der Waals surface area contributed by atoms with E-state index in [0.717, 1.165) is 67.3 Å². The van der Waals surface area contributed by atoms with Crippen LogP contribution in [0.25, 0.3) is 16.8 Å². The number of piperazine rings is 1. The molecule has 0 spiro atoms. The first-order valence-corrected chi connectivity index (χ1v) is 15.5. The Hall–Kier alpha value is -4.05. The van der Waals surface area contributed by atoms with Crippen LogP contribution < -0.4 is 9.80 Å². The molecule has 4 aromatic rings. The first-order chi connectivity index (χ1) is 20.8. The topological polar surface area (TPSA) is 104 Å². The van der Waals surface area contributed by atoms with Crippen LogP contribution >= 0.6 is 11.3 Å². The Labute approximate surface area is 253 Å². The number of nitriles is 1. The van der Waals surface area contributed by atoms with Crippen molar-refractivity contribution in [3.8, 4) is 17.3 Å². The lowest BCUT2D eigenvalue weighted by Gasteiger charge is -2.39. The van der Waals surface area contributed by atoms with E-state index in [9.17, 15) is 19.6 Å². The van der Waals surface area contributed by atoms with Gasteiger partial charge in [0.05, 0.1) is 29.5 Å². The molecule has 0 atom stereocenters. The molecule has 3 aromatic heterocycles. The Bertz CT molecular complexity index is 1730. The fraction of sp³-hybridized carbons (Fsp3) is 0.419. The Morgan fingerprint density at radius 2 is 1.88 bits per heavy atom. The van der Waals surface area contributed by atoms with Gasteiger partial charge < -0.3 is 19.8 Å². The van der Waals surface area contributed by atoms with Crippen molar-refractivity contribution in [3.63, 3.8) is 0 Å². The van der Waals surface area contributed by atoms with Crippen molar-refractivity contribution >= 4 is 39.3 Å². The summed E-state index contributed by atoms with van der Waals surface area (Å²) < 4.78 is 15.6. The summed E-state index contributed by atoms with van der Waals surface area (Å²) in [5.41, 5.74) is 6.44. The van der Waals surface area contributed by atoms with Gasteiger partial charge in [0.2, 0.25) is 5.91 Å². The molecule has 2 aliphatic heterocycles. The van der Waals surface area contributed by atoms with Gasteiger partial charge in [-0.15, -0.1) is 0 Å². The van der Waals surface area contributed by atoms with Crippen LogP contribution in [0.5, 0.6) is 0 Å². The minimum absolute atomic E-state index is 0.0832. The molecule has 2 saturated heterocycles. The van der Waals surface area contributed by atoms with Crippen molar-refractivity contribution in [1.82, 2.24) is 24.4 Å². The number of hydrogen-bond acceptors (Lipinski definition) is 9. The van der Waals surface area contributed by atoms with Crippen LogP contribution in [0.15, 0.2) is 36.4 Å². The third kappa shape index (κ3) is 5.22. The van der Waals surface area contributed by atoms with E-state index in [4.69, 9.17) is 10.1 Å². The number of aliphatic hydroxyl groups is 1. The summed E-state index contributed by atoms with van der Waals surface area (Å²) >= 11 is 1.33. The third-order valence-corrected chi connectivity index (χ3v) is 9.67. The number of β-amino-alcohol motifs (C(OH)–C–C–N with tert-alkyl or cyclic N) is 1. The van der Waals surface area contributed by atoms with Crippen LogP contribution in [0.4, 0.5) is 20.9 Å². The van der Waals surface area contributed by atoms with Crippen LogP contribution in [0.3, 0.4) is 0 Å². The summed E-state index contributed by atoms with van der Waals surface area (Å²) in [5, 5.41) is 25.2. The highest BCUT2D eigenvalue weighted by molar-refractivity contribution is 7.16. The molecule has 7 rings (SSSR count). The Morgan fingerprint density at radius 3 is 2.53 bits per heavy atom. The first-order valence-electron chi connectivity index (χ1n) is 14.7. The number of aryl methyl sites for hydroxylation is 1. The van der Waals surface area contributed by atoms with Crippen LogP contribution in [-0.4, -0.2) is 94.4 Å². The number of aliphatic hydroxyl groups excluding tert-OH is 1. The van der Waals surface area contributed by atoms with E-state index in [1.807, 2.05) is 16.5 Å². The predicted molar refractivity (Wildman–Crippen MR) is 163 cm³/mol. The van der Waals surface area contributed by atoms with E-state index in [1.54, 1.807) is 17.0 Å². The molecule has 5 heterocycles. The normalized spacial score (nSPS) is 17.7. The van der Waals surface area contributed by atoms with Crippen molar-refractivity contribution < 1.29 is 14.3 Å². The van der Waals surface area contributed by atoms with E-state index >= 15 is 0 Å². The number of halogens is 1. The van der Waals surface area contributed by atoms with Gasteiger partial charge in [0, 0.05) is 69.2 Å². The fourth-order valence-corrected chi connectivity index (χ4v) is 6.85. The molecule has 0 radical (unpaired) electrons. The number of thiazole rings is 1. The smallest absolute Gasteiger partial charge is 0.236 e. The number of nitrogens with zero attached hydrogens (tertiary/aromatic N) is 8. The molecule has 222 valence electrons. The number of carbonyl (C=O) groups excluding carboxylic acids is 1. The lowest BCUT2D eigenvalue weighted by atomic mass is 10.1. The fourth-order valence-electron chi connectivity index (χ4n) is 6.00. The van der Waals surface area contributed by atoms with Gasteiger partial charge in [0.1, 0.15) is 22.5 Å². The van der Waals surface area contributed by atoms with Crippen LogP contribution in [0.2, 0.25) is 0 Å². The highest BCUT2D eigenvalue weighted by atomic mass is 32.1. The number of hydrogen-bond donors (Lipinski definition) is 1. The SMILES string of the molecule is Cc1cc(N2CCN(CC(=O)N3CC(O)C3)CC2)cc2c(N(C)c3nc(-c4ccc(F)cc4)c(C#N)s3)c(C3CC3)nn12. The van der Waals surface area contributed by atoms with Gasteiger partial charge in [-0.05, 0) is 56.2 Å². The molecular formula is C31H33FN8O2S. The number of benzene rings is 1. The van der Waals surface area contributed by atoms with Crippen LogP contribution in [0, 0.1) is 24.1 Å². The summed E-state index contributed by atoms with van der Waals surface area (Å²) in [5.74, 6) is 0.143. The minimum atomic E-state index is -0.382. The Morgan fingerprint density at radius 1 is 1.16 bits per heavy atom. The molecule has 43 heavy (non-hydrogen) atoms. The minimum Gasteiger partial charge on any atom is -0.389 e. The van der Waals surface area contributed by atoms with Gasteiger partial charge in [-0.2, -0.15) is 10.4 Å². The molecule has 1 saturated carbocycles. The molecule has 12 heteroatoms. The zero-order valence-corrected chi connectivity index (χ0v) is 25.0. The van der Waals surface area contributed by atoms with Gasteiger partial charge in [-0.25, -0.2) is 13.9 Å². The van der Waals surface area contributed by atoms with Crippen molar-refractivity contribution in [2.45, 2.75) is 31.8 Å². The van der Waals surface area contributed by atoms with Gasteiger partial charge in [-0.1, -0.05) is 11.3 Å². The first kappa shape index (κ1) is 27.8. The average molecular weight is 601 g/mol. The predicted octanol–water partition coefficient (Wildman–Crippen LogP) is 3.75. The molecular weight excluding hydrogens is 567 g/mol. The van der Waals surface area contributed by atoms with Gasteiger partial charge in [0.25, 0.3) is 0 Å². The number of fused-ring (bicyclic) bond motifs is 1. The number of anilines is 3. The number of pyridine rings is 1. The molecule has 1 aromatic carbocycles. The largest absolute Gasteiger partial charge is 0.389 e. The van der Waals surface area contributed by atoms with Crippen molar-refractivity contribution in [1.29, 1.82) is 5.26 Å². The van der Waals surface area contributed by atoms with Crippen molar-refractivity contribution in [2.75, 3.05) is 62.7 Å². The molecule has 3 aliphatic rings. The number of likely N-dealkylation sites (tertiary alicyclic amines) is 1. The van der Waals surface area contributed by atoms with Gasteiger partial charge in [-0.3, -0.25) is 9.69 Å². The summed E-state index contributed by atoms with van der Waals surface area (Å²) in [6.45, 7) is 6.52. The molecule has 1 aliphatic carbocycles. The third-order valence-electron chi connectivity index (χ3n) is 8.63. The highest BCUT2D eigenvalue weighted by Crippen LogP contribution is 2.48. The second-order valence-corrected chi connectivity index (χ2v) is 12.7. The van der Waals surface area contributed by atoms with E-state index in [-0.39, 0.29) is 17.8 Å². The quantitative estimate of drug-likeness (QED) is 0.342. The zero-order valence-electron chi connectivity index (χ0n) is 24.2. The number of amides is 1. The van der Waals surface area contributed by atoms with Crippen molar-refractivity contribution in [2.24, 2.45) is 0 Å².